The van der Waals surface area contributed by atoms with Crippen LogP contribution >= 0.6 is 24.2 Å². The van der Waals surface area contributed by atoms with E-state index in [0.717, 1.165) is 0 Å². The number of nitrogens with one attached hydrogen (secondary N) is 1. The average molecular weight is 260 g/mol. The third-order valence-corrected chi connectivity index (χ3v) is 3.13. The fraction of sp³-hybridized carbons (Fsp3) is 0.444. The van der Waals surface area contributed by atoms with Crippen molar-refractivity contribution in [1.82, 2.24) is 9.97 Å². The summed E-state index contributed by atoms with van der Waals surface area (Å²) in [7, 11) is 0. The van der Waals surface area contributed by atoms with E-state index in [9.17, 15) is 9.59 Å². The van der Waals surface area contributed by atoms with Gasteiger partial charge in [-0.05, 0) is 11.7 Å². The molecule has 1 N–H and O–H groups in total. The molecule has 0 saturated carbocycles. The number of rotatable bonds is 2. The molecule has 86 valence electrons. The molecular weight excluding hydrogens is 250 g/mol. The third kappa shape index (κ3) is 2.22. The molecule has 1 aromatic heterocycles. The Morgan fingerprint density at radius 1 is 1.62 bits per heavy atom. The Labute approximate surface area is 102 Å². The first-order valence-electron chi connectivity index (χ1n) is 4.78. The Morgan fingerprint density at radius 3 is 2.94 bits per heavy atom. The quantitative estimate of drug-likeness (QED) is 0.607. The minimum Gasteiger partial charge on any atom is -0.292 e. The molecule has 5 nitrogen and oxygen atoms in total. The zero-order valence-electron chi connectivity index (χ0n) is 8.31. The van der Waals surface area contributed by atoms with Crippen molar-refractivity contribution in [2.75, 3.05) is 17.2 Å². The van der Waals surface area contributed by atoms with Crippen LogP contribution in [0.25, 0.3) is 0 Å². The normalized spacial score (nSPS) is 20.5. The molecule has 1 saturated heterocycles. The number of H-pyrrole nitrogens is 1. The van der Waals surface area contributed by atoms with Gasteiger partial charge in [-0.15, -0.1) is 0 Å². The summed E-state index contributed by atoms with van der Waals surface area (Å²) in [6, 6.07) is 1.17. The number of aromatic amines is 1. The lowest BCUT2D eigenvalue weighted by atomic mass is 10.1. The second-order valence-corrected chi connectivity index (χ2v) is 4.40. The molecule has 7 heteroatoms. The first kappa shape index (κ1) is 11.5. The van der Waals surface area contributed by atoms with E-state index in [0.29, 0.717) is 18.7 Å². The van der Waals surface area contributed by atoms with E-state index >= 15 is 0 Å². The van der Waals surface area contributed by atoms with Gasteiger partial charge in [0.15, 0.2) is 0 Å². The van der Waals surface area contributed by atoms with Gasteiger partial charge in [0, 0.05) is 19.0 Å². The van der Waals surface area contributed by atoms with Crippen LogP contribution in [0.1, 0.15) is 6.42 Å². The number of halogens is 1. The zero-order valence-corrected chi connectivity index (χ0v) is 9.96. The highest BCUT2D eigenvalue weighted by Crippen LogP contribution is 2.22. The van der Waals surface area contributed by atoms with Crippen LogP contribution in [0, 0.1) is 5.92 Å². The molecule has 1 unspecified atom stereocenters. The van der Waals surface area contributed by atoms with Crippen molar-refractivity contribution in [3.05, 3.63) is 21.6 Å². The van der Waals surface area contributed by atoms with Gasteiger partial charge in [0.25, 0.3) is 5.56 Å². The second kappa shape index (κ2) is 4.47. The average Bonchev–Trinajstić information content (AvgIpc) is 2.58. The molecule has 1 aromatic rings. The van der Waals surface area contributed by atoms with Gasteiger partial charge < -0.3 is 0 Å². The van der Waals surface area contributed by atoms with E-state index in [-0.39, 0.29) is 28.5 Å². The fourth-order valence-corrected chi connectivity index (χ4v) is 2.08. The van der Waals surface area contributed by atoms with Crippen molar-refractivity contribution in [1.29, 1.82) is 0 Å². The number of hydrogen-bond donors (Lipinski definition) is 2. The summed E-state index contributed by atoms with van der Waals surface area (Å²) in [5.74, 6) is 0.976. The van der Waals surface area contributed by atoms with Gasteiger partial charge in [-0.25, -0.2) is 4.98 Å². The van der Waals surface area contributed by atoms with Crippen LogP contribution in [0.2, 0.25) is 5.15 Å². The molecule has 0 spiro atoms. The summed E-state index contributed by atoms with van der Waals surface area (Å²) in [6.07, 6.45) is 0.430. The maximum absolute atomic E-state index is 11.7. The maximum atomic E-state index is 11.7. The Morgan fingerprint density at radius 2 is 2.38 bits per heavy atom. The van der Waals surface area contributed by atoms with Crippen LogP contribution in [-0.2, 0) is 4.79 Å². The summed E-state index contributed by atoms with van der Waals surface area (Å²) in [4.78, 5) is 30.7. The van der Waals surface area contributed by atoms with Crippen molar-refractivity contribution in [2.24, 2.45) is 5.92 Å². The Kier molecular flexibility index (Phi) is 3.20. The standard InChI is InChI=1S/C9H10ClN3O2S/c10-6-2-7(14)12-9(11-6)13-3-5(4-16)1-8(13)15/h2,5,16H,1,3-4H2,(H,11,12,14). The number of carbonyl (C=O) groups is 1. The van der Waals surface area contributed by atoms with Gasteiger partial charge in [-0.2, -0.15) is 12.6 Å². The van der Waals surface area contributed by atoms with Gasteiger partial charge in [-0.3, -0.25) is 19.5 Å². The molecule has 0 bridgehead atoms. The van der Waals surface area contributed by atoms with Crippen LogP contribution < -0.4 is 10.5 Å². The molecule has 0 aliphatic carbocycles. The largest absolute Gasteiger partial charge is 0.292 e. The summed E-state index contributed by atoms with van der Waals surface area (Å²) in [5.41, 5.74) is -0.364. The van der Waals surface area contributed by atoms with Crippen LogP contribution in [0.15, 0.2) is 10.9 Å². The van der Waals surface area contributed by atoms with Crippen LogP contribution in [-0.4, -0.2) is 28.2 Å². The van der Waals surface area contributed by atoms with Crippen molar-refractivity contribution in [2.45, 2.75) is 6.42 Å². The lowest BCUT2D eigenvalue weighted by Crippen LogP contribution is -2.28. The highest BCUT2D eigenvalue weighted by atomic mass is 35.5. The number of nitrogens with zero attached hydrogens (tertiary/aromatic N) is 2. The van der Waals surface area contributed by atoms with Gasteiger partial charge in [0.2, 0.25) is 11.9 Å². The monoisotopic (exact) mass is 259 g/mol. The maximum Gasteiger partial charge on any atom is 0.253 e. The third-order valence-electron chi connectivity index (χ3n) is 2.42. The lowest BCUT2D eigenvalue weighted by Gasteiger charge is -2.14. The number of anilines is 1. The van der Waals surface area contributed by atoms with E-state index in [1.54, 1.807) is 0 Å². The van der Waals surface area contributed by atoms with E-state index in [2.05, 4.69) is 22.6 Å². The molecule has 1 atom stereocenters. The molecule has 1 aliphatic heterocycles. The van der Waals surface area contributed by atoms with Gasteiger partial charge in [0.1, 0.15) is 5.15 Å². The van der Waals surface area contributed by atoms with Crippen molar-refractivity contribution in [3.63, 3.8) is 0 Å². The minimum absolute atomic E-state index is 0.0653. The Hall–Kier alpha value is -1.01. The topological polar surface area (TPSA) is 66.1 Å². The van der Waals surface area contributed by atoms with E-state index in [4.69, 9.17) is 11.6 Å². The highest BCUT2D eigenvalue weighted by molar-refractivity contribution is 7.80. The van der Waals surface area contributed by atoms with E-state index in [1.807, 2.05) is 0 Å². The molecule has 1 aliphatic rings. The molecule has 2 rings (SSSR count). The number of aromatic nitrogens is 2. The Bertz CT molecular complexity index is 476. The molecule has 1 amide bonds. The summed E-state index contributed by atoms with van der Waals surface area (Å²) in [5, 5.41) is 0.0841. The van der Waals surface area contributed by atoms with Crippen molar-refractivity contribution < 1.29 is 4.79 Å². The smallest absolute Gasteiger partial charge is 0.253 e. The summed E-state index contributed by atoms with van der Waals surface area (Å²) in [6.45, 7) is 0.519. The number of thiol groups is 1. The van der Waals surface area contributed by atoms with Crippen LogP contribution in [0.3, 0.4) is 0 Å². The number of carbonyl (C=O) groups excluding carboxylic acids is 1. The van der Waals surface area contributed by atoms with Crippen LogP contribution in [0.5, 0.6) is 0 Å². The van der Waals surface area contributed by atoms with Crippen LogP contribution in [0.4, 0.5) is 5.95 Å². The van der Waals surface area contributed by atoms with Gasteiger partial charge >= 0.3 is 0 Å². The molecule has 0 aromatic carbocycles. The van der Waals surface area contributed by atoms with Gasteiger partial charge in [-0.1, -0.05) is 11.6 Å². The predicted octanol–water partition coefficient (Wildman–Crippen LogP) is 0.706. The zero-order chi connectivity index (χ0) is 11.7. The van der Waals surface area contributed by atoms with Crippen molar-refractivity contribution in [3.8, 4) is 0 Å². The summed E-state index contributed by atoms with van der Waals surface area (Å²) < 4.78 is 0. The molecule has 0 radical (unpaired) electrons. The first-order valence-corrected chi connectivity index (χ1v) is 5.79. The Balaban J connectivity index is 2.31. The highest BCUT2D eigenvalue weighted by Gasteiger charge is 2.31. The molecule has 2 heterocycles. The van der Waals surface area contributed by atoms with Crippen molar-refractivity contribution >= 4 is 36.1 Å². The fourth-order valence-electron chi connectivity index (χ4n) is 1.65. The molecule has 1 fully saturated rings. The predicted molar refractivity (Wildman–Crippen MR) is 64.2 cm³/mol. The number of hydrogen-bond acceptors (Lipinski definition) is 4. The van der Waals surface area contributed by atoms with E-state index in [1.165, 1.54) is 11.0 Å². The number of amides is 1. The molecule has 16 heavy (non-hydrogen) atoms. The summed E-state index contributed by atoms with van der Waals surface area (Å²) >= 11 is 9.82. The lowest BCUT2D eigenvalue weighted by molar-refractivity contribution is -0.117. The van der Waals surface area contributed by atoms with E-state index < -0.39 is 0 Å². The SMILES string of the molecule is O=C1CC(CS)CN1c1nc(Cl)cc(=O)[nH]1. The second-order valence-electron chi connectivity index (χ2n) is 3.65. The first-order chi connectivity index (χ1) is 7.60. The van der Waals surface area contributed by atoms with Gasteiger partial charge in [0.05, 0.1) is 0 Å². The molecular formula is C9H10ClN3O2S. The minimum atomic E-state index is -0.364.